The third kappa shape index (κ3) is 9.83. The van der Waals surface area contributed by atoms with Crippen LogP contribution in [-0.2, 0) is 36.9 Å². The smallest absolute Gasteiger partial charge is 0.302 e. The fourth-order valence-electron chi connectivity index (χ4n) is 5.62. The standard InChI is InChI=1S/C37H46N4O5/c1-26(38)35(43)40-34(27(2)45-24-29-12-6-5-7-13-29)36(44)41-21-11-16-32(41)18-19-37(4,25-46-28(3)42)23-30-14-10-15-31(22-30)33-17-8-9-20-39-33/h5-10,12-15,17-20,22,26-27,32,34H,11,16,21,23-25,38H2,1-4H3,(H,40,43)/b19-18+/t26?,27?,32?,34?,37-/m0/s1. The molecule has 9 heteroatoms. The normalized spacial score (nSPS) is 18.0. The van der Waals surface area contributed by atoms with Crippen molar-refractivity contribution in [2.24, 2.45) is 11.1 Å². The minimum atomic E-state index is -0.905. The highest BCUT2D eigenvalue weighted by Gasteiger charge is 2.37. The van der Waals surface area contributed by atoms with E-state index in [1.807, 2.05) is 73.7 Å². The molecule has 3 aromatic rings. The lowest BCUT2D eigenvalue weighted by atomic mass is 9.83. The van der Waals surface area contributed by atoms with E-state index in [9.17, 15) is 14.4 Å². The number of hydrogen-bond donors (Lipinski definition) is 2. The van der Waals surface area contributed by atoms with E-state index >= 15 is 0 Å². The molecule has 46 heavy (non-hydrogen) atoms. The van der Waals surface area contributed by atoms with E-state index in [1.165, 1.54) is 6.92 Å². The zero-order chi connectivity index (χ0) is 33.1. The van der Waals surface area contributed by atoms with Gasteiger partial charge in [-0.3, -0.25) is 19.4 Å². The molecular weight excluding hydrogens is 580 g/mol. The number of pyridine rings is 1. The topological polar surface area (TPSA) is 124 Å². The second-order valence-electron chi connectivity index (χ2n) is 12.4. The van der Waals surface area contributed by atoms with Crippen molar-refractivity contribution in [1.82, 2.24) is 15.2 Å². The van der Waals surface area contributed by atoms with Crippen LogP contribution in [0.3, 0.4) is 0 Å². The minimum Gasteiger partial charge on any atom is -0.465 e. The lowest BCUT2D eigenvalue weighted by Gasteiger charge is -2.32. The molecule has 4 rings (SSSR count). The maximum atomic E-state index is 14.1. The third-order valence-corrected chi connectivity index (χ3v) is 8.21. The lowest BCUT2D eigenvalue weighted by molar-refractivity contribution is -0.143. The molecule has 5 atom stereocenters. The third-order valence-electron chi connectivity index (χ3n) is 8.21. The Labute approximate surface area is 272 Å². The quantitative estimate of drug-likeness (QED) is 0.194. The predicted molar refractivity (Wildman–Crippen MR) is 178 cm³/mol. The summed E-state index contributed by atoms with van der Waals surface area (Å²) in [6.07, 6.45) is 7.47. The number of amides is 2. The largest absolute Gasteiger partial charge is 0.465 e. The van der Waals surface area contributed by atoms with Gasteiger partial charge in [-0.15, -0.1) is 0 Å². The Balaban J connectivity index is 1.53. The van der Waals surface area contributed by atoms with E-state index in [0.29, 0.717) is 19.6 Å². The van der Waals surface area contributed by atoms with E-state index in [1.54, 1.807) is 24.9 Å². The molecule has 0 saturated carbocycles. The summed E-state index contributed by atoms with van der Waals surface area (Å²) in [7, 11) is 0. The minimum absolute atomic E-state index is 0.185. The Morgan fingerprint density at radius 3 is 2.50 bits per heavy atom. The van der Waals surface area contributed by atoms with Crippen LogP contribution < -0.4 is 11.1 Å². The number of likely N-dealkylation sites (tertiary alicyclic amines) is 1. The van der Waals surface area contributed by atoms with E-state index < -0.39 is 29.5 Å². The number of rotatable bonds is 14. The van der Waals surface area contributed by atoms with Crippen LogP contribution in [0.25, 0.3) is 11.3 Å². The summed E-state index contributed by atoms with van der Waals surface area (Å²) >= 11 is 0. The van der Waals surface area contributed by atoms with Gasteiger partial charge in [-0.25, -0.2) is 0 Å². The van der Waals surface area contributed by atoms with Gasteiger partial charge in [0.1, 0.15) is 12.6 Å². The second kappa shape index (κ2) is 16.3. The van der Waals surface area contributed by atoms with Gasteiger partial charge < -0.3 is 25.4 Å². The van der Waals surface area contributed by atoms with Crippen molar-refractivity contribution in [3.8, 4) is 11.3 Å². The number of ether oxygens (including phenoxy) is 2. The van der Waals surface area contributed by atoms with E-state index in [0.717, 1.165) is 35.2 Å². The van der Waals surface area contributed by atoms with Crippen molar-refractivity contribution < 1.29 is 23.9 Å². The average Bonchev–Trinajstić information content (AvgIpc) is 3.54. The second-order valence-corrected chi connectivity index (χ2v) is 12.4. The molecule has 1 aliphatic heterocycles. The van der Waals surface area contributed by atoms with Gasteiger partial charge in [0.25, 0.3) is 0 Å². The Kier molecular flexibility index (Phi) is 12.2. The van der Waals surface area contributed by atoms with Crippen molar-refractivity contribution in [2.45, 2.75) is 77.8 Å². The Morgan fingerprint density at radius 2 is 1.80 bits per heavy atom. The molecule has 4 unspecified atom stereocenters. The van der Waals surface area contributed by atoms with Crippen molar-refractivity contribution in [3.05, 3.63) is 102 Å². The van der Waals surface area contributed by atoms with Crippen molar-refractivity contribution in [3.63, 3.8) is 0 Å². The molecule has 9 nitrogen and oxygen atoms in total. The first kappa shape index (κ1) is 34.5. The summed E-state index contributed by atoms with van der Waals surface area (Å²) in [6.45, 7) is 7.88. The molecule has 1 aliphatic rings. The fraction of sp³-hybridized carbons (Fsp3) is 0.405. The van der Waals surface area contributed by atoms with Crippen LogP contribution in [0.5, 0.6) is 0 Å². The molecule has 0 aliphatic carbocycles. The first-order valence-electron chi connectivity index (χ1n) is 15.9. The monoisotopic (exact) mass is 626 g/mol. The summed E-state index contributed by atoms with van der Waals surface area (Å²) in [6, 6.07) is 21.8. The van der Waals surface area contributed by atoms with Crippen molar-refractivity contribution >= 4 is 17.8 Å². The summed E-state index contributed by atoms with van der Waals surface area (Å²) in [5.74, 6) is -0.982. The number of nitrogens with zero attached hydrogens (tertiary/aromatic N) is 2. The highest BCUT2D eigenvalue weighted by Crippen LogP contribution is 2.30. The first-order valence-corrected chi connectivity index (χ1v) is 15.9. The highest BCUT2D eigenvalue weighted by atomic mass is 16.5. The van der Waals surface area contributed by atoms with Gasteiger partial charge in [0.15, 0.2) is 0 Å². The number of carbonyl (C=O) groups excluding carboxylic acids is 3. The first-order chi connectivity index (χ1) is 22.0. The number of nitrogens with two attached hydrogens (primary N) is 1. The Bertz CT molecular complexity index is 1480. The molecular formula is C37H46N4O5. The fourth-order valence-corrected chi connectivity index (χ4v) is 5.62. The van der Waals surface area contributed by atoms with Crippen LogP contribution in [0.2, 0.25) is 0 Å². The SMILES string of the molecule is CC(=O)OC[C@@](C)(/C=C/C1CCCN1C(=O)C(NC(=O)C(C)N)C(C)OCc1ccccc1)Cc1cccc(-c2ccccn2)c1. The van der Waals surface area contributed by atoms with Gasteiger partial charge in [-0.1, -0.05) is 73.7 Å². The zero-order valence-electron chi connectivity index (χ0n) is 27.2. The highest BCUT2D eigenvalue weighted by molar-refractivity contribution is 5.90. The molecule has 2 aromatic carbocycles. The van der Waals surface area contributed by atoms with Gasteiger partial charge in [0, 0.05) is 30.6 Å². The number of hydrogen-bond acceptors (Lipinski definition) is 7. The number of nitrogens with one attached hydrogen (secondary N) is 1. The number of carbonyl (C=O) groups is 3. The van der Waals surface area contributed by atoms with Crippen LogP contribution in [0.1, 0.15) is 51.7 Å². The maximum absolute atomic E-state index is 14.1. The summed E-state index contributed by atoms with van der Waals surface area (Å²) in [5.41, 5.74) is 9.25. The van der Waals surface area contributed by atoms with Gasteiger partial charge in [-0.2, -0.15) is 0 Å². The van der Waals surface area contributed by atoms with E-state index in [2.05, 4.69) is 28.5 Å². The zero-order valence-corrected chi connectivity index (χ0v) is 27.2. The molecule has 0 bridgehead atoms. The van der Waals surface area contributed by atoms with Gasteiger partial charge in [0.2, 0.25) is 11.8 Å². The summed E-state index contributed by atoms with van der Waals surface area (Å²) in [5, 5.41) is 2.84. The van der Waals surface area contributed by atoms with Gasteiger partial charge in [0.05, 0.1) is 30.5 Å². The summed E-state index contributed by atoms with van der Waals surface area (Å²) < 4.78 is 11.6. The van der Waals surface area contributed by atoms with Crippen LogP contribution in [-0.4, -0.2) is 65.0 Å². The molecule has 2 amide bonds. The molecule has 1 saturated heterocycles. The number of aromatic nitrogens is 1. The van der Waals surface area contributed by atoms with E-state index in [-0.39, 0.29) is 24.5 Å². The molecule has 244 valence electrons. The van der Waals surface area contributed by atoms with Crippen LogP contribution in [0.4, 0.5) is 0 Å². The molecule has 1 fully saturated rings. The van der Waals surface area contributed by atoms with E-state index in [4.69, 9.17) is 15.2 Å². The Hall–Kier alpha value is -4.34. The van der Waals surface area contributed by atoms with Crippen LogP contribution in [0, 0.1) is 5.41 Å². The molecule has 3 N–H and O–H groups in total. The molecule has 1 aromatic heterocycles. The Morgan fingerprint density at radius 1 is 1.07 bits per heavy atom. The average molecular weight is 627 g/mol. The van der Waals surface area contributed by atoms with Gasteiger partial charge in [-0.05, 0) is 62.4 Å². The van der Waals surface area contributed by atoms with Crippen LogP contribution >= 0.6 is 0 Å². The van der Waals surface area contributed by atoms with Crippen molar-refractivity contribution in [1.29, 1.82) is 0 Å². The maximum Gasteiger partial charge on any atom is 0.302 e. The predicted octanol–water partition coefficient (Wildman–Crippen LogP) is 4.85. The lowest BCUT2D eigenvalue weighted by Crippen LogP contribution is -2.57. The molecule has 0 radical (unpaired) electrons. The molecule has 2 heterocycles. The summed E-state index contributed by atoms with van der Waals surface area (Å²) in [4.78, 5) is 44.9. The number of benzene rings is 2. The van der Waals surface area contributed by atoms with Crippen LogP contribution in [0.15, 0.2) is 91.1 Å². The van der Waals surface area contributed by atoms with Crippen molar-refractivity contribution in [2.75, 3.05) is 13.2 Å². The van der Waals surface area contributed by atoms with Gasteiger partial charge >= 0.3 is 5.97 Å². The molecule has 0 spiro atoms. The number of esters is 1.